The molecule has 0 saturated carbocycles. The third-order valence-corrected chi connectivity index (χ3v) is 4.23. The second-order valence-corrected chi connectivity index (χ2v) is 5.72. The van der Waals surface area contributed by atoms with Gasteiger partial charge in [0.25, 0.3) is 0 Å². The zero-order chi connectivity index (χ0) is 16.1. The molecule has 1 fully saturated rings. The molecule has 5 heteroatoms. The predicted molar refractivity (Wildman–Crippen MR) is 85.8 cm³/mol. The van der Waals surface area contributed by atoms with Crippen molar-refractivity contribution in [2.45, 2.75) is 39.2 Å². The number of nitrogens with one attached hydrogen (secondary N) is 1. The van der Waals surface area contributed by atoms with Crippen LogP contribution in [0.25, 0.3) is 0 Å². The van der Waals surface area contributed by atoms with Gasteiger partial charge in [-0.2, -0.15) is 0 Å². The summed E-state index contributed by atoms with van der Waals surface area (Å²) >= 11 is 0. The molecule has 22 heavy (non-hydrogen) atoms. The Hall–Kier alpha value is -2.04. The zero-order valence-electron chi connectivity index (χ0n) is 13.5. The molecule has 0 bridgehead atoms. The van der Waals surface area contributed by atoms with Crippen molar-refractivity contribution < 1.29 is 14.3 Å². The van der Waals surface area contributed by atoms with Gasteiger partial charge < -0.3 is 15.0 Å². The van der Waals surface area contributed by atoms with Crippen LogP contribution in [0.4, 0.5) is 5.69 Å². The van der Waals surface area contributed by atoms with Crippen LogP contribution in [0.3, 0.4) is 0 Å². The lowest BCUT2D eigenvalue weighted by Gasteiger charge is -2.26. The second kappa shape index (κ2) is 7.29. The quantitative estimate of drug-likeness (QED) is 0.910. The van der Waals surface area contributed by atoms with Crippen LogP contribution in [0.1, 0.15) is 33.1 Å². The first kappa shape index (κ1) is 16.3. The highest BCUT2D eigenvalue weighted by Gasteiger charge is 2.35. The minimum atomic E-state index is -0.358. The number of hydrogen-bond acceptors (Lipinski definition) is 3. The van der Waals surface area contributed by atoms with E-state index in [1.807, 2.05) is 13.8 Å². The van der Waals surface area contributed by atoms with E-state index in [1.165, 1.54) is 0 Å². The number of hydrogen-bond donors (Lipinski definition) is 1. The average molecular weight is 304 g/mol. The van der Waals surface area contributed by atoms with E-state index in [9.17, 15) is 9.59 Å². The van der Waals surface area contributed by atoms with Crippen LogP contribution >= 0.6 is 0 Å². The number of amides is 2. The Morgan fingerprint density at radius 1 is 1.36 bits per heavy atom. The number of anilines is 1. The number of likely N-dealkylation sites (tertiary alicyclic amines) is 1. The van der Waals surface area contributed by atoms with E-state index in [0.717, 1.165) is 25.0 Å². The Labute approximate surface area is 131 Å². The number of carbonyl (C=O) groups is 2. The highest BCUT2D eigenvalue weighted by atomic mass is 16.5. The van der Waals surface area contributed by atoms with Gasteiger partial charge in [0.05, 0.1) is 7.11 Å². The molecule has 5 nitrogen and oxygen atoms in total. The van der Waals surface area contributed by atoms with Crippen molar-refractivity contribution in [3.63, 3.8) is 0 Å². The topological polar surface area (TPSA) is 58.6 Å². The standard InChI is InChI=1S/C17H24N2O3/c1-4-12(2)17(21)19-11-5-6-15(19)16(20)18-13-7-9-14(22-3)10-8-13/h7-10,12,15H,4-6,11H2,1-3H3,(H,18,20). The second-order valence-electron chi connectivity index (χ2n) is 5.72. The molecule has 1 N–H and O–H groups in total. The van der Waals surface area contributed by atoms with Crippen LogP contribution in [0.5, 0.6) is 5.75 Å². The summed E-state index contributed by atoms with van der Waals surface area (Å²) in [6.45, 7) is 4.58. The molecule has 0 aromatic heterocycles. The molecule has 0 aliphatic carbocycles. The molecule has 2 amide bonds. The first-order valence-corrected chi connectivity index (χ1v) is 7.82. The summed E-state index contributed by atoms with van der Waals surface area (Å²) in [6, 6.07) is 6.83. The van der Waals surface area contributed by atoms with Crippen molar-refractivity contribution in [1.29, 1.82) is 0 Å². The maximum absolute atomic E-state index is 12.5. The lowest BCUT2D eigenvalue weighted by molar-refractivity contribution is -0.139. The SMILES string of the molecule is CCC(C)C(=O)N1CCCC1C(=O)Nc1ccc(OC)cc1. The molecule has 2 unspecified atom stereocenters. The Kier molecular flexibility index (Phi) is 5.41. The molecule has 120 valence electrons. The van der Waals surface area contributed by atoms with Crippen molar-refractivity contribution in [3.8, 4) is 5.75 Å². The van der Waals surface area contributed by atoms with Crippen LogP contribution < -0.4 is 10.1 Å². The summed E-state index contributed by atoms with van der Waals surface area (Å²) in [5, 5.41) is 2.89. The van der Waals surface area contributed by atoms with Gasteiger partial charge in [-0.1, -0.05) is 13.8 Å². The van der Waals surface area contributed by atoms with E-state index < -0.39 is 0 Å². The van der Waals surface area contributed by atoms with Gasteiger partial charge >= 0.3 is 0 Å². The van der Waals surface area contributed by atoms with Gasteiger partial charge in [-0.25, -0.2) is 0 Å². The summed E-state index contributed by atoms with van der Waals surface area (Å²) < 4.78 is 5.10. The first-order chi connectivity index (χ1) is 10.6. The van der Waals surface area contributed by atoms with Gasteiger partial charge in [0, 0.05) is 18.2 Å². The van der Waals surface area contributed by atoms with E-state index in [2.05, 4.69) is 5.32 Å². The first-order valence-electron chi connectivity index (χ1n) is 7.82. The average Bonchev–Trinajstić information content (AvgIpc) is 3.03. The van der Waals surface area contributed by atoms with Crippen molar-refractivity contribution in [1.82, 2.24) is 4.90 Å². The third kappa shape index (κ3) is 3.59. The highest BCUT2D eigenvalue weighted by molar-refractivity contribution is 5.97. The fourth-order valence-corrected chi connectivity index (χ4v) is 2.66. The van der Waals surface area contributed by atoms with Gasteiger partial charge in [0.15, 0.2) is 0 Å². The van der Waals surface area contributed by atoms with Crippen LogP contribution in [0, 0.1) is 5.92 Å². The van der Waals surface area contributed by atoms with Crippen LogP contribution in [0.15, 0.2) is 24.3 Å². The highest BCUT2D eigenvalue weighted by Crippen LogP contribution is 2.23. The van der Waals surface area contributed by atoms with E-state index in [4.69, 9.17) is 4.74 Å². The molecule has 1 aliphatic rings. The largest absolute Gasteiger partial charge is 0.497 e. The predicted octanol–water partition coefficient (Wildman–Crippen LogP) is 2.67. The Bertz CT molecular complexity index is 527. The fraction of sp³-hybridized carbons (Fsp3) is 0.529. The van der Waals surface area contributed by atoms with E-state index in [1.54, 1.807) is 36.3 Å². The van der Waals surface area contributed by atoms with Gasteiger partial charge in [-0.05, 0) is 43.5 Å². The normalized spacial score (nSPS) is 18.9. The minimum Gasteiger partial charge on any atom is -0.497 e. The van der Waals surface area contributed by atoms with Crippen molar-refractivity contribution >= 4 is 17.5 Å². The molecule has 1 saturated heterocycles. The molecule has 1 aliphatic heterocycles. The summed E-state index contributed by atoms with van der Waals surface area (Å²) in [4.78, 5) is 26.5. The Morgan fingerprint density at radius 3 is 2.64 bits per heavy atom. The molecular weight excluding hydrogens is 280 g/mol. The number of nitrogens with zero attached hydrogens (tertiary/aromatic N) is 1. The van der Waals surface area contributed by atoms with Crippen molar-refractivity contribution in [2.75, 3.05) is 19.0 Å². The van der Waals surface area contributed by atoms with Crippen LogP contribution in [-0.4, -0.2) is 36.4 Å². The minimum absolute atomic E-state index is 0.0330. The fourth-order valence-electron chi connectivity index (χ4n) is 2.66. The molecule has 2 atom stereocenters. The number of ether oxygens (including phenoxy) is 1. The lowest BCUT2D eigenvalue weighted by atomic mass is 10.1. The molecule has 0 spiro atoms. The van der Waals surface area contributed by atoms with Gasteiger partial charge in [0.2, 0.25) is 11.8 Å². The van der Waals surface area contributed by atoms with E-state index in [-0.39, 0.29) is 23.8 Å². The van der Waals surface area contributed by atoms with Crippen LogP contribution in [0.2, 0.25) is 0 Å². The maximum atomic E-state index is 12.5. The molecule has 1 aromatic rings. The molecule has 0 radical (unpaired) electrons. The Balaban J connectivity index is 2.02. The number of rotatable bonds is 5. The summed E-state index contributed by atoms with van der Waals surface area (Å²) in [5.74, 6) is 0.677. The molecule has 1 aromatic carbocycles. The Morgan fingerprint density at radius 2 is 2.05 bits per heavy atom. The van der Waals surface area contributed by atoms with E-state index in [0.29, 0.717) is 12.2 Å². The summed E-state index contributed by atoms with van der Waals surface area (Å²) in [7, 11) is 1.60. The number of methoxy groups -OCH3 is 1. The van der Waals surface area contributed by atoms with Crippen molar-refractivity contribution in [3.05, 3.63) is 24.3 Å². The molecular formula is C17H24N2O3. The zero-order valence-corrected chi connectivity index (χ0v) is 13.5. The maximum Gasteiger partial charge on any atom is 0.247 e. The number of benzene rings is 1. The third-order valence-electron chi connectivity index (χ3n) is 4.23. The molecule has 2 rings (SSSR count). The van der Waals surface area contributed by atoms with Gasteiger partial charge in [-0.3, -0.25) is 9.59 Å². The van der Waals surface area contributed by atoms with Gasteiger partial charge in [0.1, 0.15) is 11.8 Å². The smallest absolute Gasteiger partial charge is 0.247 e. The van der Waals surface area contributed by atoms with E-state index >= 15 is 0 Å². The summed E-state index contributed by atoms with van der Waals surface area (Å²) in [6.07, 6.45) is 2.40. The summed E-state index contributed by atoms with van der Waals surface area (Å²) in [5.41, 5.74) is 0.716. The molecule has 1 heterocycles. The van der Waals surface area contributed by atoms with Crippen molar-refractivity contribution in [2.24, 2.45) is 5.92 Å². The monoisotopic (exact) mass is 304 g/mol. The number of carbonyl (C=O) groups excluding carboxylic acids is 2. The lowest BCUT2D eigenvalue weighted by Crippen LogP contribution is -2.45. The van der Waals surface area contributed by atoms with Gasteiger partial charge in [-0.15, -0.1) is 0 Å². The van der Waals surface area contributed by atoms with Crippen LogP contribution in [-0.2, 0) is 9.59 Å².